The number of nitrogens with one attached hydrogen (secondary N) is 2. The summed E-state index contributed by atoms with van der Waals surface area (Å²) < 4.78 is 39.4. The number of sulfonamides is 1. The first-order chi connectivity index (χ1) is 16.6. The molecule has 0 radical (unpaired) electrons. The van der Waals surface area contributed by atoms with E-state index < -0.39 is 21.8 Å². The number of carbonyl (C=O) groups is 1. The SMILES string of the molecule is CCC(=C(F)C(=O)Nc1ccc(-c2ccccc2S(N)(=O)=O)cc1Br)c1cccc(C(N)=[NH+]O)c1. The van der Waals surface area contributed by atoms with Crippen molar-refractivity contribution in [2.45, 2.75) is 18.2 Å². The number of allylic oxidation sites excluding steroid dienone is 1. The highest BCUT2D eigenvalue weighted by molar-refractivity contribution is 9.10. The maximum absolute atomic E-state index is 15.2. The molecule has 0 aliphatic carbocycles. The molecule has 0 aromatic heterocycles. The number of amidine groups is 1. The number of amides is 1. The Hall–Kier alpha value is -3.54. The van der Waals surface area contributed by atoms with Crippen LogP contribution in [0.15, 0.2) is 81.9 Å². The molecule has 0 saturated heterocycles. The first kappa shape index (κ1) is 26.1. The zero-order chi connectivity index (χ0) is 25.8. The van der Waals surface area contributed by atoms with Gasteiger partial charge in [-0.2, -0.15) is 0 Å². The van der Waals surface area contributed by atoms with Gasteiger partial charge in [0.2, 0.25) is 10.0 Å². The molecule has 8 nitrogen and oxygen atoms in total. The van der Waals surface area contributed by atoms with Gasteiger partial charge in [0.25, 0.3) is 5.91 Å². The van der Waals surface area contributed by atoms with Crippen molar-refractivity contribution in [1.82, 2.24) is 0 Å². The normalized spacial score (nSPS) is 12.7. The number of rotatable bonds is 7. The number of hydrogen-bond donors (Lipinski definition) is 5. The van der Waals surface area contributed by atoms with Gasteiger partial charge in [0.05, 0.1) is 16.1 Å². The highest BCUT2D eigenvalue weighted by Crippen LogP contribution is 2.33. The zero-order valence-electron chi connectivity index (χ0n) is 18.5. The van der Waals surface area contributed by atoms with Crippen LogP contribution in [0.25, 0.3) is 16.7 Å². The van der Waals surface area contributed by atoms with Gasteiger partial charge in [-0.15, -0.1) is 0 Å². The van der Waals surface area contributed by atoms with Crippen LogP contribution in [-0.2, 0) is 14.8 Å². The van der Waals surface area contributed by atoms with E-state index in [1.807, 2.05) is 5.16 Å². The molecule has 11 heteroatoms. The van der Waals surface area contributed by atoms with E-state index in [0.29, 0.717) is 26.7 Å². The summed E-state index contributed by atoms with van der Waals surface area (Å²) in [5.74, 6) is -1.95. The third-order valence-corrected chi connectivity index (χ3v) is 6.81. The Balaban J connectivity index is 1.92. The number of halogens is 2. The smallest absolute Gasteiger partial charge is 0.311 e. The van der Waals surface area contributed by atoms with Crippen molar-refractivity contribution < 1.29 is 28.0 Å². The van der Waals surface area contributed by atoms with E-state index in [-0.39, 0.29) is 28.4 Å². The van der Waals surface area contributed by atoms with Crippen LogP contribution in [0.4, 0.5) is 10.1 Å². The molecular weight excluding hydrogens is 539 g/mol. The minimum atomic E-state index is -3.95. The van der Waals surface area contributed by atoms with Gasteiger partial charge in [-0.1, -0.05) is 48.5 Å². The van der Waals surface area contributed by atoms with Crippen molar-refractivity contribution >= 4 is 49.0 Å². The lowest BCUT2D eigenvalue weighted by atomic mass is 9.99. The molecule has 0 unspecified atom stereocenters. The number of hydrogen-bond acceptors (Lipinski definition) is 4. The number of nitrogen functional groups attached to an aromatic ring is 1. The van der Waals surface area contributed by atoms with E-state index >= 15 is 4.39 Å². The van der Waals surface area contributed by atoms with E-state index in [1.54, 1.807) is 61.5 Å². The molecule has 0 aliphatic heterocycles. The quantitative estimate of drug-likeness (QED) is 0.0987. The van der Waals surface area contributed by atoms with E-state index in [0.717, 1.165) is 0 Å². The Bertz CT molecular complexity index is 1460. The first-order valence-corrected chi connectivity index (χ1v) is 12.7. The molecular formula is C24H23BrFN4O4S+. The summed E-state index contributed by atoms with van der Waals surface area (Å²) in [6.45, 7) is 1.71. The average Bonchev–Trinajstić information content (AvgIpc) is 2.84. The Labute approximate surface area is 210 Å². The molecule has 1 amide bonds. The minimum absolute atomic E-state index is 0.0137. The Morgan fingerprint density at radius 1 is 1.09 bits per heavy atom. The second-order valence-corrected chi connectivity index (χ2v) is 9.83. The van der Waals surface area contributed by atoms with Crippen molar-refractivity contribution in [3.63, 3.8) is 0 Å². The van der Waals surface area contributed by atoms with Gasteiger partial charge in [-0.25, -0.2) is 17.9 Å². The van der Waals surface area contributed by atoms with Gasteiger partial charge in [0.1, 0.15) is 0 Å². The molecule has 0 heterocycles. The second kappa shape index (κ2) is 10.8. The summed E-state index contributed by atoms with van der Waals surface area (Å²) in [5, 5.41) is 18.7. The molecule has 35 heavy (non-hydrogen) atoms. The molecule has 0 bridgehead atoms. The van der Waals surface area contributed by atoms with Gasteiger partial charge in [-0.05, 0) is 63.8 Å². The monoisotopic (exact) mass is 561 g/mol. The maximum Gasteiger partial charge on any atom is 0.311 e. The standard InChI is InChI=1S/C24H22BrFN4O4S/c1-2-17(14-6-5-7-16(12-14)23(27)30-32)22(26)24(31)29-20-11-10-15(13-19(20)25)18-8-3-4-9-21(18)35(28,33)34/h3-13,32H,2H2,1H3,(H2,27,30)(H,29,31)(H2,28,33,34)/p+1. The summed E-state index contributed by atoms with van der Waals surface area (Å²) in [7, 11) is -3.95. The number of primary sulfonamides is 1. The lowest BCUT2D eigenvalue weighted by Gasteiger charge is -2.13. The fourth-order valence-electron chi connectivity index (χ4n) is 3.48. The summed E-state index contributed by atoms with van der Waals surface area (Å²) in [6, 6.07) is 17.4. The number of benzene rings is 3. The number of nitrogens with two attached hydrogens (primary N) is 2. The molecule has 0 atom stereocenters. The lowest BCUT2D eigenvalue weighted by Crippen LogP contribution is -2.71. The van der Waals surface area contributed by atoms with Crippen LogP contribution < -0.4 is 21.3 Å². The van der Waals surface area contributed by atoms with Crippen molar-refractivity contribution in [2.75, 3.05) is 5.32 Å². The molecule has 3 aromatic carbocycles. The Morgan fingerprint density at radius 2 is 1.77 bits per heavy atom. The van der Waals surface area contributed by atoms with Crippen molar-refractivity contribution in [3.8, 4) is 11.1 Å². The van der Waals surface area contributed by atoms with E-state index in [4.69, 9.17) is 16.1 Å². The topological polar surface area (TPSA) is 149 Å². The fraction of sp³-hybridized carbons (Fsp3) is 0.0833. The van der Waals surface area contributed by atoms with Crippen LogP contribution in [0.2, 0.25) is 0 Å². The lowest BCUT2D eigenvalue weighted by molar-refractivity contribution is -0.737. The van der Waals surface area contributed by atoms with Crippen molar-refractivity contribution in [1.29, 1.82) is 0 Å². The van der Waals surface area contributed by atoms with Gasteiger partial charge in [-0.3, -0.25) is 10.5 Å². The minimum Gasteiger partial charge on any atom is -0.357 e. The van der Waals surface area contributed by atoms with Gasteiger partial charge < -0.3 is 10.5 Å². The van der Waals surface area contributed by atoms with Crippen LogP contribution in [0, 0.1) is 0 Å². The van der Waals surface area contributed by atoms with Crippen LogP contribution in [-0.4, -0.2) is 25.4 Å². The van der Waals surface area contributed by atoms with Gasteiger partial charge in [0, 0.05) is 15.6 Å². The van der Waals surface area contributed by atoms with Crippen LogP contribution in [0.1, 0.15) is 24.5 Å². The molecule has 3 aromatic rings. The average molecular weight is 562 g/mol. The predicted octanol–water partition coefficient (Wildman–Crippen LogP) is 2.67. The third kappa shape index (κ3) is 5.94. The largest absolute Gasteiger partial charge is 0.357 e. The fourth-order valence-corrected chi connectivity index (χ4v) is 4.72. The molecule has 0 spiro atoms. The molecule has 7 N–H and O–H groups in total. The summed E-state index contributed by atoms with van der Waals surface area (Å²) >= 11 is 3.35. The van der Waals surface area contributed by atoms with E-state index in [2.05, 4.69) is 21.2 Å². The number of carbonyl (C=O) groups excluding carboxylic acids is 1. The third-order valence-electron chi connectivity index (χ3n) is 5.18. The van der Waals surface area contributed by atoms with Crippen molar-refractivity contribution in [2.24, 2.45) is 10.9 Å². The maximum atomic E-state index is 15.2. The van der Waals surface area contributed by atoms with Gasteiger partial charge in [0.15, 0.2) is 5.83 Å². The van der Waals surface area contributed by atoms with Crippen LogP contribution in [0.5, 0.6) is 0 Å². The zero-order valence-corrected chi connectivity index (χ0v) is 21.0. The molecule has 0 fully saturated rings. The molecule has 0 saturated carbocycles. The second-order valence-electron chi connectivity index (χ2n) is 7.44. The summed E-state index contributed by atoms with van der Waals surface area (Å²) in [6.07, 6.45) is 0.222. The van der Waals surface area contributed by atoms with Crippen LogP contribution in [0.3, 0.4) is 0 Å². The predicted molar refractivity (Wildman–Crippen MR) is 135 cm³/mol. The Morgan fingerprint density at radius 3 is 2.40 bits per heavy atom. The molecule has 0 aliphatic rings. The van der Waals surface area contributed by atoms with Crippen molar-refractivity contribution in [3.05, 3.63) is 88.2 Å². The summed E-state index contributed by atoms with van der Waals surface area (Å²) in [5.41, 5.74) is 7.90. The Kier molecular flexibility index (Phi) is 8.05. The highest BCUT2D eigenvalue weighted by Gasteiger charge is 2.19. The molecule has 182 valence electrons. The molecule has 3 rings (SSSR count). The van der Waals surface area contributed by atoms with E-state index in [9.17, 15) is 13.2 Å². The van der Waals surface area contributed by atoms with Crippen LogP contribution >= 0.6 is 15.9 Å². The van der Waals surface area contributed by atoms with Gasteiger partial charge >= 0.3 is 5.84 Å². The highest BCUT2D eigenvalue weighted by atomic mass is 79.9. The number of anilines is 1. The van der Waals surface area contributed by atoms with E-state index in [1.165, 1.54) is 12.1 Å². The first-order valence-electron chi connectivity index (χ1n) is 10.3. The summed E-state index contributed by atoms with van der Waals surface area (Å²) in [4.78, 5) is 12.7.